The quantitative estimate of drug-likeness (QED) is 0.835. The molecular weight excluding hydrogens is 356 g/mol. The van der Waals surface area contributed by atoms with Crippen LogP contribution in [0.2, 0.25) is 0 Å². The summed E-state index contributed by atoms with van der Waals surface area (Å²) in [5, 5.41) is 2.77. The highest BCUT2D eigenvalue weighted by atomic mass is 32.2. The number of amides is 1. The highest BCUT2D eigenvalue weighted by Gasteiger charge is 2.33. The molecule has 3 rings (SSSR count). The van der Waals surface area contributed by atoms with Crippen LogP contribution in [0.3, 0.4) is 0 Å². The molecule has 1 N–H and O–H groups in total. The third-order valence-corrected chi connectivity index (χ3v) is 6.00. The van der Waals surface area contributed by atoms with Crippen molar-refractivity contribution in [1.29, 1.82) is 0 Å². The smallest absolute Gasteiger partial charge is 0.255 e. The van der Waals surface area contributed by atoms with Gasteiger partial charge in [0.25, 0.3) is 5.91 Å². The molecule has 1 saturated heterocycles. The van der Waals surface area contributed by atoms with Crippen molar-refractivity contribution in [3.05, 3.63) is 54.1 Å². The molecule has 2 aliphatic rings. The van der Waals surface area contributed by atoms with E-state index in [0.717, 1.165) is 0 Å². The Labute approximate surface area is 153 Å². The van der Waals surface area contributed by atoms with Gasteiger partial charge in [-0.3, -0.25) is 4.79 Å². The molecule has 140 valence electrons. The van der Waals surface area contributed by atoms with Gasteiger partial charge in [-0.2, -0.15) is 0 Å². The number of nitrogens with one attached hydrogen (secondary N) is 1. The molecule has 0 radical (unpaired) electrons. The van der Waals surface area contributed by atoms with Crippen LogP contribution in [0, 0.1) is 0 Å². The topological polar surface area (TPSA) is 84.9 Å². The Morgan fingerprint density at radius 3 is 2.69 bits per heavy atom. The Hall–Kier alpha value is -2.00. The van der Waals surface area contributed by atoms with Crippen LogP contribution in [0.15, 0.2) is 48.6 Å². The van der Waals surface area contributed by atoms with E-state index in [4.69, 9.17) is 9.47 Å². The van der Waals surface area contributed by atoms with E-state index in [1.807, 2.05) is 24.3 Å². The molecule has 0 aromatic heterocycles. The summed E-state index contributed by atoms with van der Waals surface area (Å²) in [4.78, 5) is 12.5. The summed E-state index contributed by atoms with van der Waals surface area (Å²) in [5.74, 6) is -0.452. The van der Waals surface area contributed by atoms with Crippen LogP contribution >= 0.6 is 0 Å². The number of sulfonamides is 1. The van der Waals surface area contributed by atoms with Gasteiger partial charge in [0.2, 0.25) is 10.0 Å². The van der Waals surface area contributed by atoms with E-state index in [1.54, 1.807) is 24.3 Å². The van der Waals surface area contributed by atoms with Crippen LogP contribution in [-0.2, 0) is 30.0 Å². The molecule has 1 aliphatic carbocycles. The standard InChI is InChI=1S/C18H22N2O5S/c1-20(2)26(22,23)12-13-6-5-7-14(10-13)19-18(21)17-11-24-15-8-3-4-9-16(15)25-17/h3-10,15-17H,11-12H2,1-2H3,(H,19,21)/t15-,16+,17-/m0/s1. The number of rotatable bonds is 5. The van der Waals surface area contributed by atoms with Gasteiger partial charge in [-0.1, -0.05) is 36.4 Å². The van der Waals surface area contributed by atoms with Crippen molar-refractivity contribution < 1.29 is 22.7 Å². The van der Waals surface area contributed by atoms with E-state index in [9.17, 15) is 13.2 Å². The molecule has 8 heteroatoms. The van der Waals surface area contributed by atoms with Gasteiger partial charge in [-0.15, -0.1) is 0 Å². The number of benzene rings is 1. The molecule has 1 fully saturated rings. The summed E-state index contributed by atoms with van der Waals surface area (Å²) in [6, 6.07) is 6.77. The SMILES string of the molecule is CN(C)S(=O)(=O)Cc1cccc(NC(=O)[C@@H]2CO[C@H]3C=CC=C[C@H]3O2)c1. The van der Waals surface area contributed by atoms with Crippen LogP contribution in [-0.4, -0.2) is 57.6 Å². The van der Waals surface area contributed by atoms with Gasteiger partial charge in [-0.05, 0) is 17.7 Å². The number of hydrogen-bond donors (Lipinski definition) is 1. The van der Waals surface area contributed by atoms with E-state index < -0.39 is 16.1 Å². The first-order chi connectivity index (χ1) is 12.3. The largest absolute Gasteiger partial charge is 0.368 e. The number of carbonyl (C=O) groups excluding carboxylic acids is 1. The molecule has 3 atom stereocenters. The van der Waals surface area contributed by atoms with E-state index in [-0.39, 0.29) is 30.5 Å². The van der Waals surface area contributed by atoms with Crippen LogP contribution in [0.5, 0.6) is 0 Å². The lowest BCUT2D eigenvalue weighted by molar-refractivity contribution is -0.164. The Bertz CT molecular complexity index is 832. The molecule has 0 unspecified atom stereocenters. The zero-order valence-electron chi connectivity index (χ0n) is 14.7. The van der Waals surface area contributed by atoms with Crippen molar-refractivity contribution in [2.75, 3.05) is 26.0 Å². The number of hydrogen-bond acceptors (Lipinski definition) is 5. The second-order valence-corrected chi connectivity index (χ2v) is 8.57. The number of fused-ring (bicyclic) bond motifs is 1. The van der Waals surface area contributed by atoms with Gasteiger partial charge in [0.15, 0.2) is 6.10 Å². The summed E-state index contributed by atoms with van der Waals surface area (Å²) < 4.78 is 36.6. The monoisotopic (exact) mass is 378 g/mol. The third-order valence-electron chi connectivity index (χ3n) is 4.19. The fraction of sp³-hybridized carbons (Fsp3) is 0.389. The number of ether oxygens (including phenoxy) is 2. The number of anilines is 1. The summed E-state index contributed by atoms with van der Waals surface area (Å²) in [7, 11) is -0.389. The maximum Gasteiger partial charge on any atom is 0.255 e. The van der Waals surface area contributed by atoms with E-state index in [1.165, 1.54) is 18.4 Å². The number of carbonyl (C=O) groups is 1. The zero-order valence-corrected chi connectivity index (χ0v) is 15.5. The molecule has 1 aliphatic heterocycles. The molecule has 1 aromatic carbocycles. The summed E-state index contributed by atoms with van der Waals surface area (Å²) in [5.41, 5.74) is 1.11. The van der Waals surface area contributed by atoms with Gasteiger partial charge < -0.3 is 14.8 Å². The maximum absolute atomic E-state index is 12.5. The van der Waals surface area contributed by atoms with Crippen molar-refractivity contribution in [2.45, 2.75) is 24.1 Å². The first kappa shape index (κ1) is 18.8. The Morgan fingerprint density at radius 1 is 1.23 bits per heavy atom. The normalized spacial score (nSPS) is 25.1. The summed E-state index contributed by atoms with van der Waals surface area (Å²) >= 11 is 0. The molecule has 26 heavy (non-hydrogen) atoms. The predicted octanol–water partition coefficient (Wildman–Crippen LogP) is 1.30. The molecule has 1 amide bonds. The third kappa shape index (κ3) is 4.39. The predicted molar refractivity (Wildman–Crippen MR) is 98.1 cm³/mol. The average Bonchev–Trinajstić information content (AvgIpc) is 2.61. The van der Waals surface area contributed by atoms with Crippen LogP contribution in [0.1, 0.15) is 5.56 Å². The van der Waals surface area contributed by atoms with Crippen molar-refractivity contribution in [2.24, 2.45) is 0 Å². The zero-order chi connectivity index (χ0) is 18.7. The Morgan fingerprint density at radius 2 is 1.96 bits per heavy atom. The molecule has 7 nitrogen and oxygen atoms in total. The Balaban J connectivity index is 1.64. The van der Waals surface area contributed by atoms with Gasteiger partial charge in [0, 0.05) is 19.8 Å². The number of allylic oxidation sites excluding steroid dienone is 2. The number of nitrogens with zero attached hydrogens (tertiary/aromatic N) is 1. The van der Waals surface area contributed by atoms with E-state index in [2.05, 4.69) is 5.32 Å². The summed E-state index contributed by atoms with van der Waals surface area (Å²) in [6.07, 6.45) is 6.34. The second kappa shape index (κ2) is 7.71. The highest BCUT2D eigenvalue weighted by molar-refractivity contribution is 7.88. The average molecular weight is 378 g/mol. The minimum atomic E-state index is -3.37. The molecule has 0 spiro atoms. The molecule has 1 heterocycles. The first-order valence-electron chi connectivity index (χ1n) is 8.27. The highest BCUT2D eigenvalue weighted by Crippen LogP contribution is 2.21. The molecule has 1 aromatic rings. The minimum absolute atomic E-state index is 0.131. The second-order valence-electron chi connectivity index (χ2n) is 6.39. The maximum atomic E-state index is 12.5. The van der Waals surface area contributed by atoms with Crippen LogP contribution < -0.4 is 5.32 Å². The molecule has 0 bridgehead atoms. The van der Waals surface area contributed by atoms with Crippen LogP contribution in [0.25, 0.3) is 0 Å². The molecule has 0 saturated carbocycles. The van der Waals surface area contributed by atoms with Crippen molar-refractivity contribution in [3.8, 4) is 0 Å². The van der Waals surface area contributed by atoms with Crippen molar-refractivity contribution in [1.82, 2.24) is 4.31 Å². The van der Waals surface area contributed by atoms with E-state index >= 15 is 0 Å². The lowest BCUT2D eigenvalue weighted by Gasteiger charge is -2.34. The van der Waals surface area contributed by atoms with Crippen molar-refractivity contribution in [3.63, 3.8) is 0 Å². The van der Waals surface area contributed by atoms with Gasteiger partial charge in [0.1, 0.15) is 12.2 Å². The Kier molecular flexibility index (Phi) is 5.57. The lowest BCUT2D eigenvalue weighted by Crippen LogP contribution is -2.47. The summed E-state index contributed by atoms with van der Waals surface area (Å²) in [6.45, 7) is 0.167. The fourth-order valence-corrected chi connectivity index (χ4v) is 3.56. The first-order valence-corrected chi connectivity index (χ1v) is 9.88. The van der Waals surface area contributed by atoms with Crippen LogP contribution in [0.4, 0.5) is 5.69 Å². The molecular formula is C18H22N2O5S. The fourth-order valence-electron chi connectivity index (χ4n) is 2.71. The minimum Gasteiger partial charge on any atom is -0.368 e. The van der Waals surface area contributed by atoms with Gasteiger partial charge in [0.05, 0.1) is 12.4 Å². The van der Waals surface area contributed by atoms with Crippen molar-refractivity contribution >= 4 is 21.6 Å². The lowest BCUT2D eigenvalue weighted by atomic mass is 10.1. The van der Waals surface area contributed by atoms with E-state index in [0.29, 0.717) is 11.3 Å². The van der Waals surface area contributed by atoms with Gasteiger partial charge >= 0.3 is 0 Å². The van der Waals surface area contributed by atoms with Gasteiger partial charge in [-0.25, -0.2) is 12.7 Å².